The molecule has 1 aromatic heterocycles. The van der Waals surface area contributed by atoms with Crippen molar-refractivity contribution in [1.82, 2.24) is 4.90 Å². The van der Waals surface area contributed by atoms with Crippen LogP contribution in [0.15, 0.2) is 39.5 Å². The third-order valence-corrected chi connectivity index (χ3v) is 4.59. The van der Waals surface area contributed by atoms with Crippen molar-refractivity contribution < 1.29 is 14.3 Å². The third-order valence-electron chi connectivity index (χ3n) is 4.59. The van der Waals surface area contributed by atoms with Crippen LogP contribution in [0.1, 0.15) is 17.5 Å². The quantitative estimate of drug-likeness (QED) is 0.593. The van der Waals surface area contributed by atoms with E-state index in [1.165, 1.54) is 0 Å². The topological polar surface area (TPSA) is 62.9 Å². The molecule has 5 heteroatoms. The molecule has 0 aliphatic carbocycles. The molecule has 1 aliphatic rings. The predicted octanol–water partition coefficient (Wildman–Crippen LogP) is 2.79. The van der Waals surface area contributed by atoms with E-state index in [4.69, 9.17) is 14.3 Å². The SMILES string of the molecule is Cc1c2c(cc3c1oc(=O)c1ccccc13)CN(CCCO)CO2. The average Bonchev–Trinajstić information content (AvgIpc) is 2.61. The molecule has 1 N–H and O–H groups in total. The summed E-state index contributed by atoms with van der Waals surface area (Å²) in [6.07, 6.45) is 0.725. The molecule has 124 valence electrons. The summed E-state index contributed by atoms with van der Waals surface area (Å²) in [5.41, 5.74) is 2.23. The fraction of sp³-hybridized carbons (Fsp3) is 0.316. The Morgan fingerprint density at radius 3 is 2.79 bits per heavy atom. The van der Waals surface area contributed by atoms with Gasteiger partial charge in [-0.3, -0.25) is 4.90 Å². The monoisotopic (exact) mass is 325 g/mol. The second-order valence-corrected chi connectivity index (χ2v) is 6.20. The molecule has 0 radical (unpaired) electrons. The maximum Gasteiger partial charge on any atom is 0.344 e. The van der Waals surface area contributed by atoms with Crippen LogP contribution >= 0.6 is 0 Å². The van der Waals surface area contributed by atoms with Gasteiger partial charge in [-0.2, -0.15) is 0 Å². The molecule has 0 fully saturated rings. The lowest BCUT2D eigenvalue weighted by Crippen LogP contribution is -2.33. The van der Waals surface area contributed by atoms with Crippen LogP contribution in [0.3, 0.4) is 0 Å². The molecular weight excluding hydrogens is 306 g/mol. The Morgan fingerprint density at radius 2 is 2.00 bits per heavy atom. The fourth-order valence-electron chi connectivity index (χ4n) is 3.43. The Labute approximate surface area is 139 Å². The van der Waals surface area contributed by atoms with Gasteiger partial charge in [0.2, 0.25) is 0 Å². The predicted molar refractivity (Wildman–Crippen MR) is 92.3 cm³/mol. The number of hydrogen-bond acceptors (Lipinski definition) is 5. The summed E-state index contributed by atoms with van der Waals surface area (Å²) >= 11 is 0. The van der Waals surface area contributed by atoms with Crippen LogP contribution in [0.5, 0.6) is 5.75 Å². The van der Waals surface area contributed by atoms with Crippen molar-refractivity contribution in [3.8, 4) is 5.75 Å². The van der Waals surface area contributed by atoms with Crippen molar-refractivity contribution >= 4 is 21.7 Å². The summed E-state index contributed by atoms with van der Waals surface area (Å²) in [4.78, 5) is 14.4. The van der Waals surface area contributed by atoms with E-state index < -0.39 is 0 Å². The van der Waals surface area contributed by atoms with Crippen molar-refractivity contribution in [2.45, 2.75) is 19.9 Å². The Bertz CT molecular complexity index is 976. The van der Waals surface area contributed by atoms with Crippen molar-refractivity contribution in [3.63, 3.8) is 0 Å². The van der Waals surface area contributed by atoms with E-state index in [0.717, 1.165) is 47.2 Å². The van der Waals surface area contributed by atoms with Crippen molar-refractivity contribution in [3.05, 3.63) is 51.9 Å². The largest absolute Gasteiger partial charge is 0.477 e. The van der Waals surface area contributed by atoms with Gasteiger partial charge >= 0.3 is 5.63 Å². The van der Waals surface area contributed by atoms with E-state index in [-0.39, 0.29) is 12.2 Å². The third kappa shape index (κ3) is 2.37. The molecule has 4 rings (SSSR count). The standard InChI is InChI=1S/C19H19NO4/c1-12-17-13(10-20(11-23-17)7-4-8-21)9-16-14-5-2-3-6-15(14)19(22)24-18(12)16/h2-3,5-6,9,21H,4,7-8,10-11H2,1H3. The fourth-order valence-corrected chi connectivity index (χ4v) is 3.43. The lowest BCUT2D eigenvalue weighted by atomic mass is 10.00. The normalized spacial score (nSPS) is 14.8. The van der Waals surface area contributed by atoms with Crippen LogP contribution in [0.25, 0.3) is 21.7 Å². The first kappa shape index (κ1) is 15.2. The molecule has 1 aliphatic heterocycles. The number of rotatable bonds is 3. The molecule has 0 unspecified atom stereocenters. The molecule has 0 saturated carbocycles. The first-order valence-corrected chi connectivity index (χ1v) is 8.13. The summed E-state index contributed by atoms with van der Waals surface area (Å²) in [5.74, 6) is 0.807. The molecule has 2 heterocycles. The molecule has 0 atom stereocenters. The molecule has 2 aromatic carbocycles. The zero-order valence-electron chi connectivity index (χ0n) is 13.5. The molecule has 0 amide bonds. The van der Waals surface area contributed by atoms with Crippen LogP contribution in [0.2, 0.25) is 0 Å². The van der Waals surface area contributed by atoms with Crippen LogP contribution in [0.4, 0.5) is 0 Å². The zero-order valence-corrected chi connectivity index (χ0v) is 13.5. The van der Waals surface area contributed by atoms with Gasteiger partial charge in [0.25, 0.3) is 0 Å². The highest BCUT2D eigenvalue weighted by molar-refractivity contribution is 6.06. The van der Waals surface area contributed by atoms with Crippen molar-refractivity contribution in [1.29, 1.82) is 0 Å². The second-order valence-electron chi connectivity index (χ2n) is 6.20. The summed E-state index contributed by atoms with van der Waals surface area (Å²) in [6, 6.07) is 9.58. The maximum absolute atomic E-state index is 12.2. The highest BCUT2D eigenvalue weighted by Crippen LogP contribution is 2.36. The summed E-state index contributed by atoms with van der Waals surface area (Å²) in [5, 5.41) is 11.5. The highest BCUT2D eigenvalue weighted by atomic mass is 16.5. The van der Waals surface area contributed by atoms with Crippen molar-refractivity contribution in [2.24, 2.45) is 0 Å². The first-order valence-electron chi connectivity index (χ1n) is 8.13. The molecule has 3 aromatic rings. The van der Waals surface area contributed by atoms with Crippen LogP contribution in [-0.2, 0) is 6.54 Å². The van der Waals surface area contributed by atoms with Gasteiger partial charge in [0.15, 0.2) is 0 Å². The van der Waals surface area contributed by atoms with Crippen LogP contribution < -0.4 is 10.4 Å². The molecule has 0 saturated heterocycles. The van der Waals surface area contributed by atoms with Gasteiger partial charge in [-0.15, -0.1) is 0 Å². The van der Waals surface area contributed by atoms with Gasteiger partial charge in [0.05, 0.1) is 5.39 Å². The minimum Gasteiger partial charge on any atom is -0.477 e. The molecule has 0 spiro atoms. The number of aliphatic hydroxyl groups is 1. The minimum atomic E-state index is -0.318. The maximum atomic E-state index is 12.2. The number of fused-ring (bicyclic) bond motifs is 4. The van der Waals surface area contributed by atoms with E-state index in [0.29, 0.717) is 17.7 Å². The lowest BCUT2D eigenvalue weighted by Gasteiger charge is -2.30. The van der Waals surface area contributed by atoms with Gasteiger partial charge in [-0.25, -0.2) is 4.79 Å². The summed E-state index contributed by atoms with van der Waals surface area (Å²) in [7, 11) is 0. The Hall–Kier alpha value is -2.37. The summed E-state index contributed by atoms with van der Waals surface area (Å²) < 4.78 is 11.5. The van der Waals surface area contributed by atoms with E-state index >= 15 is 0 Å². The second kappa shape index (κ2) is 5.92. The number of nitrogens with zero attached hydrogens (tertiary/aromatic N) is 1. The van der Waals surface area contributed by atoms with Gasteiger partial charge in [-0.05, 0) is 30.9 Å². The van der Waals surface area contributed by atoms with Gasteiger partial charge < -0.3 is 14.3 Å². The first-order chi connectivity index (χ1) is 11.7. The molecular formula is C19H19NO4. The number of aliphatic hydroxyl groups excluding tert-OH is 1. The van der Waals surface area contributed by atoms with E-state index in [9.17, 15) is 4.79 Å². The number of benzene rings is 2. The Morgan fingerprint density at radius 1 is 1.21 bits per heavy atom. The number of aryl methyl sites for hydroxylation is 1. The average molecular weight is 325 g/mol. The zero-order chi connectivity index (χ0) is 16.7. The van der Waals surface area contributed by atoms with Crippen LogP contribution in [-0.4, -0.2) is 29.9 Å². The molecule has 0 bridgehead atoms. The van der Waals surface area contributed by atoms with Gasteiger partial charge in [0, 0.05) is 36.2 Å². The van der Waals surface area contributed by atoms with Crippen molar-refractivity contribution in [2.75, 3.05) is 19.9 Å². The Kier molecular flexibility index (Phi) is 3.75. The number of ether oxygens (including phenoxy) is 1. The Balaban J connectivity index is 1.91. The lowest BCUT2D eigenvalue weighted by molar-refractivity contribution is 0.0878. The smallest absolute Gasteiger partial charge is 0.344 e. The van der Waals surface area contributed by atoms with Gasteiger partial charge in [0.1, 0.15) is 18.1 Å². The van der Waals surface area contributed by atoms with E-state index in [1.807, 2.05) is 25.1 Å². The minimum absolute atomic E-state index is 0.176. The van der Waals surface area contributed by atoms with E-state index in [2.05, 4.69) is 11.0 Å². The summed E-state index contributed by atoms with van der Waals surface area (Å²) in [6.45, 7) is 4.15. The number of hydrogen-bond donors (Lipinski definition) is 1. The molecule has 5 nitrogen and oxygen atoms in total. The van der Waals surface area contributed by atoms with Crippen LogP contribution in [0, 0.1) is 6.92 Å². The highest BCUT2D eigenvalue weighted by Gasteiger charge is 2.22. The molecule has 24 heavy (non-hydrogen) atoms. The van der Waals surface area contributed by atoms with E-state index in [1.54, 1.807) is 6.07 Å². The van der Waals surface area contributed by atoms with Gasteiger partial charge in [-0.1, -0.05) is 18.2 Å².